The van der Waals surface area contributed by atoms with Crippen LogP contribution in [0.5, 0.6) is 5.75 Å². The lowest BCUT2D eigenvalue weighted by molar-refractivity contribution is -0.137. The van der Waals surface area contributed by atoms with Crippen molar-refractivity contribution in [2.75, 3.05) is 13.2 Å². The summed E-state index contributed by atoms with van der Waals surface area (Å²) in [7, 11) is 0. The molecule has 0 unspecified atom stereocenters. The minimum Gasteiger partial charge on any atom is -0.491 e. The van der Waals surface area contributed by atoms with Gasteiger partial charge in [-0.1, -0.05) is 30.3 Å². The zero-order valence-electron chi connectivity index (χ0n) is 11.6. The van der Waals surface area contributed by atoms with Crippen molar-refractivity contribution >= 4 is 12.4 Å². The van der Waals surface area contributed by atoms with Gasteiger partial charge in [0.05, 0.1) is 5.56 Å². The van der Waals surface area contributed by atoms with Gasteiger partial charge in [0.15, 0.2) is 0 Å². The van der Waals surface area contributed by atoms with Crippen LogP contribution in [0.15, 0.2) is 42.5 Å². The summed E-state index contributed by atoms with van der Waals surface area (Å²) < 4.78 is 44.3. The van der Waals surface area contributed by atoms with Crippen LogP contribution in [0.1, 0.15) is 11.1 Å². The number of hydrogen-bond acceptors (Lipinski definition) is 2. The van der Waals surface area contributed by atoms with Crippen LogP contribution in [0, 0.1) is 0 Å². The topological polar surface area (TPSA) is 21.3 Å². The lowest BCUT2D eigenvalue weighted by Gasteiger charge is -2.14. The van der Waals surface area contributed by atoms with Gasteiger partial charge in [-0.2, -0.15) is 13.2 Å². The number of hydrogen-bond donors (Lipinski definition) is 1. The highest BCUT2D eigenvalue weighted by Gasteiger charge is 2.30. The van der Waals surface area contributed by atoms with Gasteiger partial charge in [0, 0.05) is 24.2 Å². The van der Waals surface area contributed by atoms with Crippen LogP contribution in [-0.4, -0.2) is 13.2 Å². The van der Waals surface area contributed by atoms with E-state index in [1.54, 1.807) is 12.1 Å². The van der Waals surface area contributed by atoms with E-state index in [9.17, 15) is 13.2 Å². The van der Waals surface area contributed by atoms with Crippen molar-refractivity contribution in [3.8, 4) is 16.9 Å². The second kappa shape index (κ2) is 6.58. The van der Waals surface area contributed by atoms with Gasteiger partial charge >= 0.3 is 6.18 Å². The highest BCUT2D eigenvalue weighted by molar-refractivity contribution is 5.85. The summed E-state index contributed by atoms with van der Waals surface area (Å²) in [4.78, 5) is 0. The summed E-state index contributed by atoms with van der Waals surface area (Å²) in [6, 6.07) is 10.9. The van der Waals surface area contributed by atoms with Crippen molar-refractivity contribution in [2.24, 2.45) is 0 Å². The Balaban J connectivity index is 0.00000176. The first-order chi connectivity index (χ1) is 10.1. The molecule has 22 heavy (non-hydrogen) atoms. The van der Waals surface area contributed by atoms with Crippen molar-refractivity contribution in [3.05, 3.63) is 53.6 Å². The van der Waals surface area contributed by atoms with E-state index >= 15 is 0 Å². The van der Waals surface area contributed by atoms with E-state index in [-0.39, 0.29) is 12.4 Å². The molecule has 0 spiro atoms. The lowest BCUT2D eigenvalue weighted by atomic mass is 9.99. The Labute approximate surface area is 132 Å². The second-order valence-corrected chi connectivity index (χ2v) is 4.90. The Morgan fingerprint density at radius 3 is 2.59 bits per heavy atom. The number of benzene rings is 2. The largest absolute Gasteiger partial charge is 0.491 e. The zero-order chi connectivity index (χ0) is 14.9. The van der Waals surface area contributed by atoms with Gasteiger partial charge in [0.1, 0.15) is 12.4 Å². The average Bonchev–Trinajstić information content (AvgIpc) is 2.71. The van der Waals surface area contributed by atoms with Crippen LogP contribution in [0.4, 0.5) is 13.2 Å². The number of halogens is 4. The highest BCUT2D eigenvalue weighted by atomic mass is 35.5. The zero-order valence-corrected chi connectivity index (χ0v) is 12.4. The fourth-order valence-electron chi connectivity index (χ4n) is 2.43. The quantitative estimate of drug-likeness (QED) is 0.843. The molecule has 0 fully saturated rings. The maximum Gasteiger partial charge on any atom is 0.416 e. The predicted octanol–water partition coefficient (Wildman–Crippen LogP) is 4.28. The van der Waals surface area contributed by atoms with Crippen LogP contribution in [0.3, 0.4) is 0 Å². The first kappa shape index (κ1) is 16.6. The van der Waals surface area contributed by atoms with Gasteiger partial charge < -0.3 is 10.1 Å². The van der Waals surface area contributed by atoms with E-state index < -0.39 is 11.7 Å². The Morgan fingerprint density at radius 1 is 1.05 bits per heavy atom. The summed E-state index contributed by atoms with van der Waals surface area (Å²) in [5.41, 5.74) is 1.53. The molecule has 1 aliphatic rings. The summed E-state index contributed by atoms with van der Waals surface area (Å²) in [5, 5.41) is 3.21. The molecule has 0 aliphatic carbocycles. The van der Waals surface area contributed by atoms with Crippen LogP contribution in [0.25, 0.3) is 11.1 Å². The van der Waals surface area contributed by atoms with Crippen LogP contribution in [0.2, 0.25) is 0 Å². The Hall–Kier alpha value is -1.72. The first-order valence-electron chi connectivity index (χ1n) is 6.69. The standard InChI is InChI=1S/C16H14F3NO.ClH/c17-16(18,19)13-5-1-3-11(9-13)14-6-2-4-12-10-20-7-8-21-15(12)14;/h1-6,9,20H,7-8,10H2;1H. The molecule has 1 N–H and O–H groups in total. The molecule has 2 nitrogen and oxygen atoms in total. The number of nitrogens with one attached hydrogen (secondary N) is 1. The van der Waals surface area contributed by atoms with E-state index in [0.717, 1.165) is 24.2 Å². The van der Waals surface area contributed by atoms with Gasteiger partial charge in [0.25, 0.3) is 0 Å². The molecular weight excluding hydrogens is 315 g/mol. The number of fused-ring (bicyclic) bond motifs is 1. The van der Waals surface area contributed by atoms with Crippen LogP contribution >= 0.6 is 12.4 Å². The molecule has 1 heterocycles. The molecule has 0 amide bonds. The van der Waals surface area contributed by atoms with E-state index in [4.69, 9.17) is 4.74 Å². The third kappa shape index (κ3) is 3.36. The molecule has 0 radical (unpaired) electrons. The average molecular weight is 330 g/mol. The smallest absolute Gasteiger partial charge is 0.416 e. The normalized spacial score (nSPS) is 14.3. The van der Waals surface area contributed by atoms with E-state index in [1.807, 2.05) is 12.1 Å². The van der Waals surface area contributed by atoms with Crippen LogP contribution in [-0.2, 0) is 12.7 Å². The Morgan fingerprint density at radius 2 is 1.82 bits per heavy atom. The third-order valence-corrected chi connectivity index (χ3v) is 3.44. The Bertz CT molecular complexity index is 658. The molecule has 0 bridgehead atoms. The number of rotatable bonds is 1. The minimum atomic E-state index is -4.34. The number of ether oxygens (including phenoxy) is 1. The second-order valence-electron chi connectivity index (χ2n) is 4.90. The van der Waals surface area contributed by atoms with Gasteiger partial charge in [0.2, 0.25) is 0 Å². The Kier molecular flexibility index (Phi) is 4.98. The first-order valence-corrected chi connectivity index (χ1v) is 6.69. The molecule has 0 saturated heterocycles. The highest BCUT2D eigenvalue weighted by Crippen LogP contribution is 2.37. The number of alkyl halides is 3. The molecule has 6 heteroatoms. The lowest BCUT2D eigenvalue weighted by Crippen LogP contribution is -2.16. The number of para-hydroxylation sites is 1. The van der Waals surface area contributed by atoms with Crippen molar-refractivity contribution in [2.45, 2.75) is 12.7 Å². The molecule has 0 aromatic heterocycles. The SMILES string of the molecule is Cl.FC(F)(F)c1cccc(-c2cccc3c2OCCNC3)c1. The fourth-order valence-corrected chi connectivity index (χ4v) is 2.43. The molecule has 0 atom stereocenters. The van der Waals surface area contributed by atoms with Crippen molar-refractivity contribution in [3.63, 3.8) is 0 Å². The maximum atomic E-state index is 12.8. The van der Waals surface area contributed by atoms with Crippen LogP contribution < -0.4 is 10.1 Å². The summed E-state index contributed by atoms with van der Waals surface area (Å²) in [5.74, 6) is 0.668. The van der Waals surface area contributed by atoms with Crippen molar-refractivity contribution in [1.82, 2.24) is 5.32 Å². The maximum absolute atomic E-state index is 12.8. The van der Waals surface area contributed by atoms with Gasteiger partial charge in [-0.15, -0.1) is 12.4 Å². The summed E-state index contributed by atoms with van der Waals surface area (Å²) in [6.07, 6.45) is -4.34. The minimum absolute atomic E-state index is 0. The van der Waals surface area contributed by atoms with Crippen molar-refractivity contribution < 1.29 is 17.9 Å². The molecule has 2 aromatic carbocycles. The third-order valence-electron chi connectivity index (χ3n) is 3.44. The fraction of sp³-hybridized carbons (Fsp3) is 0.250. The monoisotopic (exact) mass is 329 g/mol. The molecule has 3 rings (SSSR count). The van der Waals surface area contributed by atoms with Gasteiger partial charge in [-0.3, -0.25) is 0 Å². The van der Waals surface area contributed by atoms with Gasteiger partial charge in [-0.25, -0.2) is 0 Å². The van der Waals surface area contributed by atoms with E-state index in [2.05, 4.69) is 5.32 Å². The molecule has 0 saturated carbocycles. The summed E-state index contributed by atoms with van der Waals surface area (Å²) in [6.45, 7) is 1.88. The molecule has 1 aliphatic heterocycles. The van der Waals surface area contributed by atoms with Gasteiger partial charge in [-0.05, 0) is 17.7 Å². The predicted molar refractivity (Wildman–Crippen MR) is 81.3 cm³/mol. The molecule has 2 aromatic rings. The summed E-state index contributed by atoms with van der Waals surface area (Å²) >= 11 is 0. The van der Waals surface area contributed by atoms with E-state index in [1.165, 1.54) is 6.07 Å². The van der Waals surface area contributed by atoms with E-state index in [0.29, 0.717) is 30.0 Å². The van der Waals surface area contributed by atoms with Crippen molar-refractivity contribution in [1.29, 1.82) is 0 Å². The molecule has 118 valence electrons. The molecular formula is C16H15ClF3NO.